The molecule has 1 heterocycles. The fourth-order valence-electron chi connectivity index (χ4n) is 3.97. The number of nitrogens with one attached hydrogen (secondary N) is 2. The van der Waals surface area contributed by atoms with Gasteiger partial charge in [-0.3, -0.25) is 4.79 Å². The molecule has 1 aliphatic carbocycles. The Kier molecular flexibility index (Phi) is 5.25. The Morgan fingerprint density at radius 2 is 2.00 bits per heavy atom. The number of amides is 1. The predicted molar refractivity (Wildman–Crippen MR) is 94.1 cm³/mol. The van der Waals surface area contributed by atoms with Gasteiger partial charge < -0.3 is 10.6 Å². The first kappa shape index (κ1) is 17.4. The first-order valence-corrected chi connectivity index (χ1v) is 10.8. The molecule has 0 spiro atoms. The van der Waals surface area contributed by atoms with Gasteiger partial charge in [0.1, 0.15) is 0 Å². The van der Waals surface area contributed by atoms with Crippen LogP contribution in [0.3, 0.4) is 0 Å². The molecule has 6 heteroatoms. The Balaban J connectivity index is 1.54. The molecule has 24 heavy (non-hydrogen) atoms. The number of carbonyl (C=O) groups excluding carboxylic acids is 1. The van der Waals surface area contributed by atoms with Crippen molar-refractivity contribution in [2.45, 2.75) is 56.5 Å². The van der Waals surface area contributed by atoms with Gasteiger partial charge in [0.25, 0.3) is 0 Å². The normalized spacial score (nSPS) is 26.8. The molecule has 5 nitrogen and oxygen atoms in total. The van der Waals surface area contributed by atoms with Gasteiger partial charge >= 0.3 is 0 Å². The van der Waals surface area contributed by atoms with E-state index >= 15 is 0 Å². The third kappa shape index (κ3) is 4.57. The van der Waals surface area contributed by atoms with Crippen molar-refractivity contribution in [3.63, 3.8) is 0 Å². The van der Waals surface area contributed by atoms with Gasteiger partial charge in [0.15, 0.2) is 9.84 Å². The summed E-state index contributed by atoms with van der Waals surface area (Å²) in [5.41, 5.74) is 1.69. The second-order valence-corrected chi connectivity index (χ2v) is 9.35. The van der Waals surface area contributed by atoms with Crippen LogP contribution in [0.4, 0.5) is 0 Å². The minimum Gasteiger partial charge on any atom is -0.351 e. The summed E-state index contributed by atoms with van der Waals surface area (Å²) in [6.45, 7) is 0.434. The molecule has 0 aromatic heterocycles. The fourth-order valence-corrected chi connectivity index (χ4v) is 4.75. The smallest absolute Gasteiger partial charge is 0.237 e. The fraction of sp³-hybridized carbons (Fsp3) is 0.611. The standard InChI is InChI=1S/C18H26N2O3S/c1-24(22,23)12-14-6-4-5-13(9-14)11-19-18(21)17-10-15-7-2-3-8-16(15)20-17/h4-6,9,15-17,20H,2-3,7-8,10-12H2,1H3,(H,19,21). The summed E-state index contributed by atoms with van der Waals surface area (Å²) in [4.78, 5) is 12.4. The molecule has 1 aromatic carbocycles. The van der Waals surface area contributed by atoms with Crippen molar-refractivity contribution in [3.8, 4) is 0 Å². The largest absolute Gasteiger partial charge is 0.351 e. The van der Waals surface area contributed by atoms with Crippen LogP contribution in [0.1, 0.15) is 43.2 Å². The Morgan fingerprint density at radius 1 is 1.25 bits per heavy atom. The van der Waals surface area contributed by atoms with Crippen LogP contribution in [0.25, 0.3) is 0 Å². The average molecular weight is 350 g/mol. The first-order valence-electron chi connectivity index (χ1n) is 8.70. The van der Waals surface area contributed by atoms with Crippen LogP contribution in [0.2, 0.25) is 0 Å². The summed E-state index contributed by atoms with van der Waals surface area (Å²) < 4.78 is 22.8. The SMILES string of the molecule is CS(=O)(=O)Cc1cccc(CNC(=O)C2CC3CCCCC3N2)c1. The molecule has 0 bridgehead atoms. The lowest BCUT2D eigenvalue weighted by Crippen LogP contribution is -2.42. The second-order valence-electron chi connectivity index (χ2n) is 7.21. The van der Waals surface area contributed by atoms with Gasteiger partial charge in [0, 0.05) is 18.8 Å². The lowest BCUT2D eigenvalue weighted by atomic mass is 9.85. The van der Waals surface area contributed by atoms with Gasteiger partial charge in [-0.2, -0.15) is 0 Å². The number of sulfone groups is 1. The topological polar surface area (TPSA) is 75.3 Å². The highest BCUT2D eigenvalue weighted by Gasteiger charge is 2.37. The number of hydrogen-bond donors (Lipinski definition) is 2. The van der Waals surface area contributed by atoms with E-state index in [0.717, 1.165) is 17.5 Å². The molecule has 3 atom stereocenters. The van der Waals surface area contributed by atoms with Gasteiger partial charge in [0.05, 0.1) is 11.8 Å². The summed E-state index contributed by atoms with van der Waals surface area (Å²) >= 11 is 0. The van der Waals surface area contributed by atoms with Gasteiger partial charge in [-0.15, -0.1) is 0 Å². The molecule has 132 valence electrons. The highest BCUT2D eigenvalue weighted by molar-refractivity contribution is 7.89. The minimum absolute atomic E-state index is 0.0301. The number of rotatable bonds is 5. The molecule has 2 fully saturated rings. The Labute approximate surface area is 144 Å². The second kappa shape index (κ2) is 7.23. The van der Waals surface area contributed by atoms with Crippen LogP contribution in [0.5, 0.6) is 0 Å². The van der Waals surface area contributed by atoms with Crippen molar-refractivity contribution in [2.75, 3.05) is 6.26 Å². The summed E-state index contributed by atoms with van der Waals surface area (Å²) in [6, 6.07) is 7.82. The third-order valence-electron chi connectivity index (χ3n) is 5.07. The molecule has 3 rings (SSSR count). The highest BCUT2D eigenvalue weighted by Crippen LogP contribution is 2.33. The Bertz CT molecular complexity index is 688. The summed E-state index contributed by atoms with van der Waals surface area (Å²) in [5, 5.41) is 6.47. The molecule has 2 aliphatic rings. The minimum atomic E-state index is -3.05. The summed E-state index contributed by atoms with van der Waals surface area (Å²) in [6.07, 6.45) is 7.12. The molecule has 1 aliphatic heterocycles. The maximum Gasteiger partial charge on any atom is 0.237 e. The maximum atomic E-state index is 12.4. The van der Waals surface area contributed by atoms with Crippen LogP contribution in [0.15, 0.2) is 24.3 Å². The Hall–Kier alpha value is -1.40. The van der Waals surface area contributed by atoms with Crippen LogP contribution in [-0.4, -0.2) is 32.7 Å². The van der Waals surface area contributed by atoms with Gasteiger partial charge in [-0.1, -0.05) is 37.1 Å². The maximum absolute atomic E-state index is 12.4. The monoisotopic (exact) mass is 350 g/mol. The predicted octanol–water partition coefficient (Wildman–Crippen LogP) is 1.77. The summed E-state index contributed by atoms with van der Waals surface area (Å²) in [5.74, 6) is 0.730. The van der Waals surface area contributed by atoms with Gasteiger partial charge in [0.2, 0.25) is 5.91 Å². The van der Waals surface area contributed by atoms with Gasteiger partial charge in [-0.05, 0) is 36.3 Å². The molecule has 1 amide bonds. The highest BCUT2D eigenvalue weighted by atomic mass is 32.2. The van der Waals surface area contributed by atoms with Crippen LogP contribution < -0.4 is 10.6 Å². The number of hydrogen-bond acceptors (Lipinski definition) is 4. The molecular formula is C18H26N2O3S. The summed E-state index contributed by atoms with van der Waals surface area (Å²) in [7, 11) is -3.05. The zero-order valence-corrected chi connectivity index (χ0v) is 14.9. The lowest BCUT2D eigenvalue weighted by molar-refractivity contribution is -0.123. The average Bonchev–Trinajstić information content (AvgIpc) is 2.95. The van der Waals surface area contributed by atoms with Crippen molar-refractivity contribution in [2.24, 2.45) is 5.92 Å². The zero-order valence-electron chi connectivity index (χ0n) is 14.1. The van der Waals surface area contributed by atoms with Crippen molar-refractivity contribution in [3.05, 3.63) is 35.4 Å². The van der Waals surface area contributed by atoms with E-state index in [1.54, 1.807) is 6.07 Å². The number of fused-ring (bicyclic) bond motifs is 1. The van der Waals surface area contributed by atoms with Gasteiger partial charge in [-0.25, -0.2) is 8.42 Å². The molecule has 1 saturated carbocycles. The molecule has 0 radical (unpaired) electrons. The van der Waals surface area contributed by atoms with Crippen molar-refractivity contribution in [1.82, 2.24) is 10.6 Å². The van der Waals surface area contributed by atoms with Crippen LogP contribution in [-0.2, 0) is 26.9 Å². The number of carbonyl (C=O) groups is 1. The van der Waals surface area contributed by atoms with E-state index in [1.165, 1.54) is 31.9 Å². The molecule has 1 saturated heterocycles. The van der Waals surface area contributed by atoms with E-state index in [9.17, 15) is 13.2 Å². The van der Waals surface area contributed by atoms with E-state index in [2.05, 4.69) is 10.6 Å². The van der Waals surface area contributed by atoms with E-state index < -0.39 is 9.84 Å². The molecule has 1 aromatic rings. The molecule has 2 N–H and O–H groups in total. The number of benzene rings is 1. The van der Waals surface area contributed by atoms with E-state index in [-0.39, 0.29) is 17.7 Å². The Morgan fingerprint density at radius 3 is 2.75 bits per heavy atom. The van der Waals surface area contributed by atoms with Crippen molar-refractivity contribution in [1.29, 1.82) is 0 Å². The van der Waals surface area contributed by atoms with Crippen LogP contribution >= 0.6 is 0 Å². The lowest BCUT2D eigenvalue weighted by Gasteiger charge is -2.24. The van der Waals surface area contributed by atoms with Crippen molar-refractivity contribution < 1.29 is 13.2 Å². The first-order chi connectivity index (χ1) is 11.4. The van der Waals surface area contributed by atoms with Crippen molar-refractivity contribution >= 4 is 15.7 Å². The van der Waals surface area contributed by atoms with E-state index in [0.29, 0.717) is 18.5 Å². The van der Waals surface area contributed by atoms with Crippen LogP contribution in [0, 0.1) is 5.92 Å². The quantitative estimate of drug-likeness (QED) is 0.849. The third-order valence-corrected chi connectivity index (χ3v) is 5.92. The van der Waals surface area contributed by atoms with E-state index in [4.69, 9.17) is 0 Å². The molecular weight excluding hydrogens is 324 g/mol. The zero-order chi connectivity index (χ0) is 17.2. The molecule has 3 unspecified atom stereocenters. The van der Waals surface area contributed by atoms with E-state index in [1.807, 2.05) is 18.2 Å².